The number of carbonyl (C=O) groups is 1. The summed E-state index contributed by atoms with van der Waals surface area (Å²) in [5.41, 5.74) is 0.757. The van der Waals surface area contributed by atoms with Crippen LogP contribution in [-0.2, 0) is 11.8 Å². The Hall–Kier alpha value is -1.36. The van der Waals surface area contributed by atoms with Gasteiger partial charge < -0.3 is 10.6 Å². The third-order valence-corrected chi connectivity index (χ3v) is 3.02. The van der Waals surface area contributed by atoms with E-state index in [0.717, 1.165) is 25.1 Å². The fourth-order valence-electron chi connectivity index (χ4n) is 2.11. The predicted octanol–water partition coefficient (Wildman–Crippen LogP) is 0.747. The van der Waals surface area contributed by atoms with Gasteiger partial charge in [0.15, 0.2) is 0 Å². The lowest BCUT2D eigenvalue weighted by molar-refractivity contribution is -0.119. The van der Waals surface area contributed by atoms with Gasteiger partial charge in [-0.3, -0.25) is 9.48 Å². The van der Waals surface area contributed by atoms with Crippen LogP contribution in [0.25, 0.3) is 0 Å². The molecule has 1 saturated heterocycles. The minimum absolute atomic E-state index is 0.0419. The Kier molecular flexibility index (Phi) is 3.24. The molecule has 0 spiro atoms. The third-order valence-electron chi connectivity index (χ3n) is 3.02. The van der Waals surface area contributed by atoms with Crippen molar-refractivity contribution in [3.63, 3.8) is 0 Å². The number of carbonyl (C=O) groups excluding carboxylic acids is 1. The number of hydrogen-bond acceptors (Lipinski definition) is 3. The van der Waals surface area contributed by atoms with Crippen molar-refractivity contribution in [2.24, 2.45) is 13.0 Å². The number of amides is 1. The molecule has 2 N–H and O–H groups in total. The van der Waals surface area contributed by atoms with Crippen LogP contribution in [-0.4, -0.2) is 28.3 Å². The van der Waals surface area contributed by atoms with Gasteiger partial charge in [0.2, 0.25) is 5.91 Å². The van der Waals surface area contributed by atoms with E-state index in [4.69, 9.17) is 0 Å². The van der Waals surface area contributed by atoms with Gasteiger partial charge in [0.1, 0.15) is 0 Å². The van der Waals surface area contributed by atoms with Crippen molar-refractivity contribution in [3.05, 3.63) is 12.4 Å². The molecule has 1 aromatic heterocycles. The zero-order valence-corrected chi connectivity index (χ0v) is 9.73. The molecule has 2 unspecified atom stereocenters. The molecule has 2 heterocycles. The monoisotopic (exact) mass is 222 g/mol. The fourth-order valence-corrected chi connectivity index (χ4v) is 2.11. The number of aryl methyl sites for hydroxylation is 1. The maximum atomic E-state index is 12.0. The zero-order valence-electron chi connectivity index (χ0n) is 9.73. The quantitative estimate of drug-likeness (QED) is 0.776. The second kappa shape index (κ2) is 4.65. The number of rotatable bonds is 2. The van der Waals surface area contributed by atoms with Crippen LogP contribution in [0, 0.1) is 5.92 Å². The number of hydrogen-bond donors (Lipinski definition) is 2. The van der Waals surface area contributed by atoms with E-state index in [1.807, 2.05) is 7.05 Å². The maximum Gasteiger partial charge on any atom is 0.241 e. The van der Waals surface area contributed by atoms with E-state index in [2.05, 4.69) is 22.7 Å². The van der Waals surface area contributed by atoms with Crippen LogP contribution >= 0.6 is 0 Å². The lowest BCUT2D eigenvalue weighted by atomic mass is 9.92. The third kappa shape index (κ3) is 2.41. The van der Waals surface area contributed by atoms with Crippen LogP contribution in [0.1, 0.15) is 19.8 Å². The van der Waals surface area contributed by atoms with Crippen molar-refractivity contribution in [2.45, 2.75) is 25.8 Å². The van der Waals surface area contributed by atoms with Gasteiger partial charge in [-0.25, -0.2) is 0 Å². The molecule has 0 aliphatic carbocycles. The van der Waals surface area contributed by atoms with E-state index >= 15 is 0 Å². The minimum atomic E-state index is -0.0750. The van der Waals surface area contributed by atoms with E-state index in [9.17, 15) is 4.79 Å². The Bertz CT molecular complexity index is 374. The highest BCUT2D eigenvalue weighted by Crippen LogP contribution is 2.17. The Morgan fingerprint density at radius 1 is 1.69 bits per heavy atom. The highest BCUT2D eigenvalue weighted by atomic mass is 16.2. The average molecular weight is 222 g/mol. The van der Waals surface area contributed by atoms with Crippen LogP contribution in [0.5, 0.6) is 0 Å². The van der Waals surface area contributed by atoms with Gasteiger partial charge in [0, 0.05) is 13.2 Å². The van der Waals surface area contributed by atoms with Crippen LogP contribution in [0.15, 0.2) is 12.4 Å². The number of anilines is 1. The summed E-state index contributed by atoms with van der Waals surface area (Å²) < 4.78 is 1.67. The van der Waals surface area contributed by atoms with Crippen molar-refractivity contribution < 1.29 is 4.79 Å². The SMILES string of the molecule is CC1CCCNC1C(=O)Nc1cnn(C)c1. The van der Waals surface area contributed by atoms with Crippen LogP contribution < -0.4 is 10.6 Å². The van der Waals surface area contributed by atoms with Gasteiger partial charge in [-0.2, -0.15) is 5.10 Å². The molecule has 2 rings (SSSR count). The van der Waals surface area contributed by atoms with Crippen LogP contribution in [0.3, 0.4) is 0 Å². The molecule has 1 fully saturated rings. The van der Waals surface area contributed by atoms with Gasteiger partial charge in [-0.15, -0.1) is 0 Å². The van der Waals surface area contributed by atoms with Gasteiger partial charge >= 0.3 is 0 Å². The molecule has 1 amide bonds. The summed E-state index contributed by atoms with van der Waals surface area (Å²) in [7, 11) is 1.83. The van der Waals surface area contributed by atoms with Gasteiger partial charge in [-0.1, -0.05) is 6.92 Å². The Morgan fingerprint density at radius 3 is 3.12 bits per heavy atom. The molecule has 1 aromatic rings. The Morgan fingerprint density at radius 2 is 2.50 bits per heavy atom. The lowest BCUT2D eigenvalue weighted by Crippen LogP contribution is -2.48. The molecule has 5 nitrogen and oxygen atoms in total. The van der Waals surface area contributed by atoms with Crippen molar-refractivity contribution in [3.8, 4) is 0 Å². The molecule has 1 aliphatic rings. The molecule has 5 heteroatoms. The number of nitrogens with zero attached hydrogens (tertiary/aromatic N) is 2. The summed E-state index contributed by atoms with van der Waals surface area (Å²) in [5, 5.41) is 10.1. The molecule has 16 heavy (non-hydrogen) atoms. The first kappa shape index (κ1) is 11.1. The first-order valence-electron chi connectivity index (χ1n) is 5.69. The van der Waals surface area contributed by atoms with Crippen LogP contribution in [0.4, 0.5) is 5.69 Å². The summed E-state index contributed by atoms with van der Waals surface area (Å²) in [5.74, 6) is 0.436. The molecule has 0 saturated carbocycles. The lowest BCUT2D eigenvalue weighted by Gasteiger charge is -2.28. The maximum absolute atomic E-state index is 12.0. The molecule has 1 aliphatic heterocycles. The summed E-state index contributed by atoms with van der Waals surface area (Å²) in [4.78, 5) is 12.0. The summed E-state index contributed by atoms with van der Waals surface area (Å²) >= 11 is 0. The smallest absolute Gasteiger partial charge is 0.241 e. The number of aromatic nitrogens is 2. The van der Waals surface area contributed by atoms with E-state index in [0.29, 0.717) is 5.92 Å². The highest BCUT2D eigenvalue weighted by Gasteiger charge is 2.27. The molecule has 0 radical (unpaired) electrons. The van der Waals surface area contributed by atoms with Gasteiger partial charge in [-0.05, 0) is 25.3 Å². The highest BCUT2D eigenvalue weighted by molar-refractivity contribution is 5.94. The number of nitrogens with one attached hydrogen (secondary N) is 2. The Balaban J connectivity index is 1.96. The first-order chi connectivity index (χ1) is 7.66. The molecule has 0 bridgehead atoms. The molecular formula is C11H18N4O. The number of piperidine rings is 1. The largest absolute Gasteiger partial charge is 0.322 e. The standard InChI is InChI=1S/C11H18N4O/c1-8-4-3-5-12-10(8)11(16)14-9-6-13-15(2)7-9/h6-8,10,12H,3-5H2,1-2H3,(H,14,16). The zero-order chi connectivity index (χ0) is 11.5. The average Bonchev–Trinajstić information content (AvgIpc) is 2.64. The summed E-state index contributed by atoms with van der Waals surface area (Å²) in [6, 6.07) is -0.0750. The van der Waals surface area contributed by atoms with Gasteiger partial charge in [0.25, 0.3) is 0 Å². The molecular weight excluding hydrogens is 204 g/mol. The molecule has 88 valence electrons. The van der Waals surface area contributed by atoms with Crippen molar-refractivity contribution in [1.29, 1.82) is 0 Å². The second-order valence-corrected chi connectivity index (χ2v) is 4.44. The van der Waals surface area contributed by atoms with E-state index in [1.54, 1.807) is 17.1 Å². The van der Waals surface area contributed by atoms with E-state index < -0.39 is 0 Å². The summed E-state index contributed by atoms with van der Waals surface area (Å²) in [6.45, 7) is 3.04. The van der Waals surface area contributed by atoms with Crippen molar-refractivity contribution >= 4 is 11.6 Å². The molecule has 2 atom stereocenters. The normalized spacial score (nSPS) is 25.4. The van der Waals surface area contributed by atoms with E-state index in [1.165, 1.54) is 0 Å². The topological polar surface area (TPSA) is 59.0 Å². The van der Waals surface area contributed by atoms with Crippen molar-refractivity contribution in [2.75, 3.05) is 11.9 Å². The summed E-state index contributed by atoms with van der Waals surface area (Å²) in [6.07, 6.45) is 5.72. The molecule has 0 aromatic carbocycles. The predicted molar refractivity (Wildman–Crippen MR) is 62.0 cm³/mol. The minimum Gasteiger partial charge on any atom is -0.322 e. The first-order valence-corrected chi connectivity index (χ1v) is 5.69. The van der Waals surface area contributed by atoms with Crippen LogP contribution in [0.2, 0.25) is 0 Å². The second-order valence-electron chi connectivity index (χ2n) is 4.44. The fraction of sp³-hybridized carbons (Fsp3) is 0.636. The van der Waals surface area contributed by atoms with E-state index in [-0.39, 0.29) is 11.9 Å². The van der Waals surface area contributed by atoms with Gasteiger partial charge in [0.05, 0.1) is 17.9 Å². The van der Waals surface area contributed by atoms with Crippen molar-refractivity contribution in [1.82, 2.24) is 15.1 Å². The Labute approximate surface area is 95.2 Å².